The summed E-state index contributed by atoms with van der Waals surface area (Å²) in [5.74, 6) is -0.504. The number of nitrogens with one attached hydrogen (secondary N) is 1. The molecule has 0 radical (unpaired) electrons. The Labute approximate surface area is 222 Å². The van der Waals surface area contributed by atoms with Crippen LogP contribution >= 0.6 is 24.0 Å². The van der Waals surface area contributed by atoms with E-state index < -0.39 is 35.0 Å². The van der Waals surface area contributed by atoms with Crippen LogP contribution in [0.3, 0.4) is 0 Å². The third-order valence-electron chi connectivity index (χ3n) is 5.36. The second-order valence-electron chi connectivity index (χ2n) is 8.02. The van der Waals surface area contributed by atoms with Crippen LogP contribution in [-0.4, -0.2) is 17.3 Å². The molecule has 0 aromatic heterocycles. The maximum atomic E-state index is 13.6. The molecule has 0 unspecified atom stereocenters. The number of carbonyl (C=O) groups excluding carboxylic acids is 1. The maximum absolute atomic E-state index is 13.6. The van der Waals surface area contributed by atoms with Gasteiger partial charge in [0.1, 0.15) is 10.9 Å². The fraction of sp³-hybridized carbons (Fsp3) is 0.154. The first-order valence-electron chi connectivity index (χ1n) is 10.8. The van der Waals surface area contributed by atoms with Gasteiger partial charge in [-0.2, -0.15) is 26.3 Å². The van der Waals surface area contributed by atoms with E-state index in [0.29, 0.717) is 17.7 Å². The fourth-order valence-corrected chi connectivity index (χ4v) is 4.68. The van der Waals surface area contributed by atoms with Crippen molar-refractivity contribution in [3.8, 4) is 22.6 Å². The van der Waals surface area contributed by atoms with Crippen molar-refractivity contribution >= 4 is 40.3 Å². The number of thiocarbonyl (C=S) groups is 1. The van der Waals surface area contributed by atoms with E-state index in [4.69, 9.17) is 21.7 Å². The van der Waals surface area contributed by atoms with Crippen LogP contribution in [0.2, 0.25) is 0 Å². The molecule has 4 nitrogen and oxygen atoms in total. The normalized spacial score (nSPS) is 15.1. The Morgan fingerprint density at radius 3 is 2.11 bits per heavy atom. The highest BCUT2D eigenvalue weighted by Crippen LogP contribution is 2.45. The predicted molar refractivity (Wildman–Crippen MR) is 136 cm³/mol. The summed E-state index contributed by atoms with van der Waals surface area (Å²) in [6.07, 6.45) is -8.68. The molecule has 1 amide bonds. The van der Waals surface area contributed by atoms with Crippen molar-refractivity contribution in [1.29, 1.82) is 0 Å². The van der Waals surface area contributed by atoms with E-state index in [1.54, 1.807) is 30.3 Å². The number of rotatable bonds is 6. The van der Waals surface area contributed by atoms with Crippen molar-refractivity contribution in [2.24, 2.45) is 0 Å². The molecule has 3 aromatic carbocycles. The topological polar surface area (TPSA) is 47.6 Å². The molecule has 1 aliphatic rings. The minimum Gasteiger partial charge on any atom is -0.493 e. The summed E-state index contributed by atoms with van der Waals surface area (Å²) >= 11 is 5.94. The molecule has 4 rings (SSSR count). The van der Waals surface area contributed by atoms with Crippen molar-refractivity contribution in [2.75, 3.05) is 7.11 Å². The molecular weight excluding hydrogens is 552 g/mol. The fourth-order valence-electron chi connectivity index (χ4n) is 3.63. The first-order valence-corrected chi connectivity index (χ1v) is 12.0. The van der Waals surface area contributed by atoms with E-state index in [2.05, 4.69) is 5.32 Å². The Morgan fingerprint density at radius 2 is 1.58 bits per heavy atom. The molecule has 12 heteroatoms. The summed E-state index contributed by atoms with van der Waals surface area (Å²) in [5.41, 5.74) is -2.45. The average molecular weight is 570 g/mol. The van der Waals surface area contributed by atoms with Gasteiger partial charge in [0.05, 0.1) is 23.1 Å². The van der Waals surface area contributed by atoms with E-state index in [0.717, 1.165) is 11.8 Å². The smallest absolute Gasteiger partial charge is 0.416 e. The molecule has 1 N–H and O–H groups in total. The average Bonchev–Trinajstić information content (AvgIpc) is 3.18. The second-order valence-corrected chi connectivity index (χ2v) is 9.74. The molecule has 1 heterocycles. The number of ether oxygens (including phenoxy) is 2. The van der Waals surface area contributed by atoms with Gasteiger partial charge >= 0.3 is 12.4 Å². The Morgan fingerprint density at radius 1 is 0.947 bits per heavy atom. The lowest BCUT2D eigenvalue weighted by Gasteiger charge is -2.19. The minimum absolute atomic E-state index is 0.0394. The van der Waals surface area contributed by atoms with Crippen LogP contribution < -0.4 is 14.8 Å². The van der Waals surface area contributed by atoms with Crippen LogP contribution in [0.5, 0.6) is 11.5 Å². The van der Waals surface area contributed by atoms with E-state index in [9.17, 15) is 31.1 Å². The summed E-state index contributed by atoms with van der Waals surface area (Å²) in [6, 6.07) is 12.9. The van der Waals surface area contributed by atoms with E-state index in [1.807, 2.05) is 0 Å². The zero-order valence-corrected chi connectivity index (χ0v) is 21.0. The molecule has 198 valence electrons. The van der Waals surface area contributed by atoms with Gasteiger partial charge in [0.15, 0.2) is 11.5 Å². The van der Waals surface area contributed by atoms with Crippen LogP contribution in [-0.2, 0) is 23.8 Å². The van der Waals surface area contributed by atoms with Gasteiger partial charge in [-0.25, -0.2) is 0 Å². The summed E-state index contributed by atoms with van der Waals surface area (Å²) in [7, 11) is 1.28. The maximum Gasteiger partial charge on any atom is 0.416 e. The zero-order chi connectivity index (χ0) is 27.7. The number of halogens is 6. The van der Waals surface area contributed by atoms with Gasteiger partial charge in [-0.15, -0.1) is 0 Å². The Balaban J connectivity index is 1.93. The van der Waals surface area contributed by atoms with Crippen molar-refractivity contribution in [3.05, 3.63) is 87.8 Å². The summed E-state index contributed by atoms with van der Waals surface area (Å²) in [6.45, 7) is -0.0394. The molecule has 0 atom stereocenters. The van der Waals surface area contributed by atoms with Crippen LogP contribution in [0.1, 0.15) is 22.3 Å². The van der Waals surface area contributed by atoms with Gasteiger partial charge in [0.25, 0.3) is 5.91 Å². The standard InChI is InChI=1S/C26H17F6NO3S2/c1-35-20-8-15(9-21-23(34)33-24(37)38-21)7-19(22(20)36-13-14-5-3-2-4-6-14)16-10-17(25(27,28)29)12-18(11-16)26(30,31)32/h2-12H,13H2,1H3,(H,33,34,37). The Kier molecular flexibility index (Phi) is 7.75. The molecule has 1 aliphatic heterocycles. The van der Waals surface area contributed by atoms with Crippen molar-refractivity contribution in [2.45, 2.75) is 19.0 Å². The third-order valence-corrected chi connectivity index (χ3v) is 6.52. The lowest BCUT2D eigenvalue weighted by molar-refractivity contribution is -0.143. The highest BCUT2D eigenvalue weighted by Gasteiger charge is 2.37. The number of hydrogen-bond acceptors (Lipinski definition) is 5. The minimum atomic E-state index is -5.04. The predicted octanol–water partition coefficient (Wildman–Crippen LogP) is 7.47. The Bertz CT molecular complexity index is 1390. The zero-order valence-electron chi connectivity index (χ0n) is 19.4. The first kappa shape index (κ1) is 27.5. The van der Waals surface area contributed by atoms with Crippen molar-refractivity contribution in [3.63, 3.8) is 0 Å². The molecular formula is C26H17F6NO3S2. The lowest BCUT2D eigenvalue weighted by atomic mass is 9.96. The van der Waals surface area contributed by atoms with Gasteiger partial charge in [-0.3, -0.25) is 4.79 Å². The molecule has 1 fully saturated rings. The highest BCUT2D eigenvalue weighted by molar-refractivity contribution is 8.26. The molecule has 0 spiro atoms. The van der Waals surface area contributed by atoms with Crippen LogP contribution in [0.25, 0.3) is 17.2 Å². The van der Waals surface area contributed by atoms with E-state index in [1.165, 1.54) is 25.3 Å². The second kappa shape index (κ2) is 10.7. The summed E-state index contributed by atoms with van der Waals surface area (Å²) in [4.78, 5) is 12.3. The van der Waals surface area contributed by atoms with Gasteiger partial charge in [-0.1, -0.05) is 54.3 Å². The summed E-state index contributed by atoms with van der Waals surface area (Å²) in [5, 5.41) is 2.44. The molecule has 0 saturated carbocycles. The quantitative estimate of drug-likeness (QED) is 0.190. The number of hydrogen-bond donors (Lipinski definition) is 1. The first-order chi connectivity index (χ1) is 17.8. The molecule has 0 aliphatic carbocycles. The van der Waals surface area contributed by atoms with E-state index >= 15 is 0 Å². The molecule has 0 bridgehead atoms. The van der Waals surface area contributed by atoms with Crippen LogP contribution in [0.15, 0.2) is 65.6 Å². The van der Waals surface area contributed by atoms with E-state index in [-0.39, 0.29) is 44.5 Å². The van der Waals surface area contributed by atoms with Crippen molar-refractivity contribution < 1.29 is 40.6 Å². The highest BCUT2D eigenvalue weighted by atomic mass is 32.2. The monoisotopic (exact) mass is 569 g/mol. The van der Waals surface area contributed by atoms with Gasteiger partial charge in [0, 0.05) is 5.56 Å². The summed E-state index contributed by atoms with van der Waals surface area (Å²) < 4.78 is 93.2. The number of carbonyl (C=O) groups is 1. The number of alkyl halides is 6. The van der Waals surface area contributed by atoms with Gasteiger partial charge in [0.2, 0.25) is 0 Å². The van der Waals surface area contributed by atoms with Crippen LogP contribution in [0.4, 0.5) is 26.3 Å². The van der Waals surface area contributed by atoms with Crippen molar-refractivity contribution in [1.82, 2.24) is 5.32 Å². The molecule has 3 aromatic rings. The Hall–Kier alpha value is -3.51. The number of amides is 1. The molecule has 38 heavy (non-hydrogen) atoms. The molecule has 1 saturated heterocycles. The van der Waals surface area contributed by atoms with Gasteiger partial charge < -0.3 is 14.8 Å². The number of methoxy groups -OCH3 is 1. The number of benzene rings is 3. The number of thioether (sulfide) groups is 1. The van der Waals surface area contributed by atoms with Crippen LogP contribution in [0, 0.1) is 0 Å². The lowest BCUT2D eigenvalue weighted by Crippen LogP contribution is -2.17. The largest absolute Gasteiger partial charge is 0.493 e. The SMILES string of the molecule is COc1cc(C=C2SC(=S)NC2=O)cc(-c2cc(C(F)(F)F)cc(C(F)(F)F)c2)c1OCc1ccccc1. The van der Waals surface area contributed by atoms with Gasteiger partial charge in [-0.05, 0) is 53.1 Å². The third kappa shape index (κ3) is 6.30.